The Bertz CT molecular complexity index is 1430. The molecule has 1 N–H and O–H groups in total. The number of ketones is 1. The summed E-state index contributed by atoms with van der Waals surface area (Å²) in [6.45, 7) is 5.25. The van der Waals surface area contributed by atoms with Crippen LogP contribution in [0.1, 0.15) is 49.5 Å². The lowest BCUT2D eigenvalue weighted by atomic mass is 10.1. The number of carbonyl (C=O) groups is 3. The van der Waals surface area contributed by atoms with E-state index in [9.17, 15) is 23.3 Å². The third kappa shape index (κ3) is 7.12. The normalized spacial score (nSPS) is 17.2. The monoisotopic (exact) mass is 585 g/mol. The molecule has 4 rings (SSSR count). The second-order valence-corrected chi connectivity index (χ2v) is 12.1. The molecule has 1 saturated heterocycles. The third-order valence-electron chi connectivity index (χ3n) is 7.12. The first kappa shape index (κ1) is 30.6. The number of nitrogens with zero attached hydrogens (tertiary/aromatic N) is 2. The zero-order valence-electron chi connectivity index (χ0n) is 23.7. The Balaban J connectivity index is 1.49. The molecule has 0 spiro atoms. The van der Waals surface area contributed by atoms with E-state index in [2.05, 4.69) is 5.32 Å². The minimum absolute atomic E-state index is 0.0606. The van der Waals surface area contributed by atoms with Crippen molar-refractivity contribution < 1.29 is 32.4 Å². The Hall–Kier alpha value is -3.33. The molecule has 220 valence electrons. The maximum Gasteiger partial charge on any atom is 0.361 e. The molecule has 1 aliphatic rings. The fourth-order valence-electron chi connectivity index (χ4n) is 5.21. The van der Waals surface area contributed by atoms with Crippen molar-refractivity contribution in [1.82, 2.24) is 14.8 Å². The van der Waals surface area contributed by atoms with E-state index < -0.39 is 25.7 Å². The number of likely N-dealkylation sites (tertiary alicyclic amines) is 1. The van der Waals surface area contributed by atoms with Crippen molar-refractivity contribution in [1.29, 1.82) is 0 Å². The molecule has 11 heteroatoms. The first-order valence-corrected chi connectivity index (χ1v) is 15.5. The number of halogens is 1. The van der Waals surface area contributed by atoms with Crippen LogP contribution < -0.4 is 10.6 Å². The van der Waals surface area contributed by atoms with Crippen LogP contribution in [0.25, 0.3) is 10.9 Å². The molecule has 0 radical (unpaired) electrons. The highest BCUT2D eigenvalue weighted by molar-refractivity contribution is 7.62. The van der Waals surface area contributed by atoms with Crippen molar-refractivity contribution in [2.75, 3.05) is 26.3 Å². The molecule has 3 aromatic rings. The minimum Gasteiger partial charge on any atom is -0.354 e. The largest absolute Gasteiger partial charge is 0.361 e. The first-order chi connectivity index (χ1) is 19.7. The molecule has 0 bridgehead atoms. The van der Waals surface area contributed by atoms with Gasteiger partial charge in [-0.2, -0.15) is 0 Å². The summed E-state index contributed by atoms with van der Waals surface area (Å²) in [6, 6.07) is 13.9. The number of hydrogen-bond donors (Lipinski definition) is 1. The average molecular weight is 586 g/mol. The highest BCUT2D eigenvalue weighted by Gasteiger charge is 2.39. The molecule has 1 aromatic heterocycles. The summed E-state index contributed by atoms with van der Waals surface area (Å²) in [5.41, 5.74) is 2.06. The molecular formula is C30H37FN3O6P. The third-order valence-corrected chi connectivity index (χ3v) is 9.23. The van der Waals surface area contributed by atoms with Crippen molar-refractivity contribution in [3.8, 4) is 0 Å². The van der Waals surface area contributed by atoms with Crippen LogP contribution in [-0.4, -0.2) is 65.6 Å². The minimum atomic E-state index is -3.60. The molecule has 41 heavy (non-hydrogen) atoms. The van der Waals surface area contributed by atoms with E-state index in [1.807, 2.05) is 30.3 Å². The second kappa shape index (κ2) is 13.6. The summed E-state index contributed by atoms with van der Waals surface area (Å²) in [7, 11) is -3.60. The van der Waals surface area contributed by atoms with E-state index in [1.165, 1.54) is 11.8 Å². The number of aryl methyl sites for hydroxylation is 1. The fourth-order valence-corrected chi connectivity index (χ4v) is 6.80. The van der Waals surface area contributed by atoms with E-state index in [0.717, 1.165) is 18.4 Å². The molecular weight excluding hydrogens is 548 g/mol. The molecule has 2 amide bonds. The Labute approximate surface area is 239 Å². The SMILES string of the molecule is CCOP(=O)(OCC)c1ccc2c(c1)c(C(C)=O)cn2CC(=O)N1C[C@H](F)C[C@H]1C(=O)NCCCc1ccccc1. The fraction of sp³-hybridized carbons (Fsp3) is 0.433. The van der Waals surface area contributed by atoms with Crippen LogP contribution in [-0.2, 0) is 36.2 Å². The zero-order chi connectivity index (χ0) is 29.6. The van der Waals surface area contributed by atoms with Crippen LogP contribution in [0.3, 0.4) is 0 Å². The van der Waals surface area contributed by atoms with E-state index in [4.69, 9.17) is 9.05 Å². The Morgan fingerprint density at radius 2 is 1.78 bits per heavy atom. The molecule has 2 heterocycles. The van der Waals surface area contributed by atoms with Crippen LogP contribution in [0.15, 0.2) is 54.7 Å². The van der Waals surface area contributed by atoms with Crippen LogP contribution in [0, 0.1) is 0 Å². The molecule has 1 aliphatic heterocycles. The number of fused-ring (bicyclic) bond motifs is 1. The van der Waals surface area contributed by atoms with E-state index in [1.54, 1.807) is 42.8 Å². The van der Waals surface area contributed by atoms with Gasteiger partial charge in [0.1, 0.15) is 18.8 Å². The quantitative estimate of drug-likeness (QED) is 0.181. The van der Waals surface area contributed by atoms with Gasteiger partial charge in [0, 0.05) is 35.6 Å². The topological polar surface area (TPSA) is 107 Å². The summed E-state index contributed by atoms with van der Waals surface area (Å²) in [5, 5.41) is 3.66. The van der Waals surface area contributed by atoms with Crippen LogP contribution in [0.2, 0.25) is 0 Å². The molecule has 9 nitrogen and oxygen atoms in total. The van der Waals surface area contributed by atoms with Gasteiger partial charge in [-0.15, -0.1) is 0 Å². The molecule has 1 fully saturated rings. The second-order valence-electron chi connectivity index (χ2n) is 10.0. The van der Waals surface area contributed by atoms with Crippen LogP contribution in [0.5, 0.6) is 0 Å². The highest BCUT2D eigenvalue weighted by atomic mass is 31.2. The number of Topliss-reactive ketones (excluding diaryl/α,β-unsaturated/α-hetero) is 1. The average Bonchev–Trinajstić information content (AvgIpc) is 3.52. The van der Waals surface area contributed by atoms with Crippen molar-refractivity contribution in [3.63, 3.8) is 0 Å². The van der Waals surface area contributed by atoms with Gasteiger partial charge in [0.15, 0.2) is 5.78 Å². The Kier molecular flexibility index (Phi) is 10.1. The number of carbonyl (C=O) groups excluding carboxylic acids is 3. The lowest BCUT2D eigenvalue weighted by molar-refractivity contribution is -0.138. The lowest BCUT2D eigenvalue weighted by Crippen LogP contribution is -2.47. The first-order valence-electron chi connectivity index (χ1n) is 14.0. The van der Waals surface area contributed by atoms with Gasteiger partial charge in [-0.25, -0.2) is 4.39 Å². The number of hydrogen-bond acceptors (Lipinski definition) is 6. The van der Waals surface area contributed by atoms with Gasteiger partial charge in [-0.3, -0.25) is 18.9 Å². The predicted octanol–water partition coefficient (Wildman–Crippen LogP) is 4.42. The van der Waals surface area contributed by atoms with Gasteiger partial charge in [-0.1, -0.05) is 30.3 Å². The van der Waals surface area contributed by atoms with Crippen molar-refractivity contribution in [2.45, 2.75) is 58.8 Å². The lowest BCUT2D eigenvalue weighted by Gasteiger charge is -2.24. The maximum atomic E-state index is 14.5. The summed E-state index contributed by atoms with van der Waals surface area (Å²) < 4.78 is 40.3. The molecule has 0 unspecified atom stereocenters. The maximum absolute atomic E-state index is 14.5. The van der Waals surface area contributed by atoms with Gasteiger partial charge >= 0.3 is 7.60 Å². The number of rotatable bonds is 13. The van der Waals surface area contributed by atoms with Crippen LogP contribution >= 0.6 is 7.60 Å². The van der Waals surface area contributed by atoms with Crippen molar-refractivity contribution in [3.05, 3.63) is 65.9 Å². The van der Waals surface area contributed by atoms with E-state index in [0.29, 0.717) is 28.3 Å². The number of amides is 2. The van der Waals surface area contributed by atoms with Gasteiger partial charge in [0.25, 0.3) is 0 Å². The molecule has 2 atom stereocenters. The van der Waals surface area contributed by atoms with Crippen molar-refractivity contribution >= 4 is 41.4 Å². The zero-order valence-corrected chi connectivity index (χ0v) is 24.6. The van der Waals surface area contributed by atoms with Gasteiger partial charge < -0.3 is 23.8 Å². The standard InChI is InChI=1S/C30H37FN3O6P/c1-4-39-41(38,40-5-2)24-13-14-27-25(17-24)26(21(3)35)19-33(27)20-29(36)34-18-23(31)16-28(34)30(37)32-15-9-12-22-10-7-6-8-11-22/h6-8,10-11,13-14,17,19,23,28H,4-5,9,12,15-16,18,20H2,1-3H3,(H,32,37)/t23-,28+/m1/s1. The summed E-state index contributed by atoms with van der Waals surface area (Å²) >= 11 is 0. The van der Waals surface area contributed by atoms with Gasteiger partial charge in [0.2, 0.25) is 11.8 Å². The Morgan fingerprint density at radius 1 is 1.07 bits per heavy atom. The number of alkyl halides is 1. The van der Waals surface area contributed by atoms with Gasteiger partial charge in [-0.05, 0) is 57.4 Å². The van der Waals surface area contributed by atoms with E-state index >= 15 is 0 Å². The number of nitrogens with one attached hydrogen (secondary N) is 1. The van der Waals surface area contributed by atoms with Crippen molar-refractivity contribution in [2.24, 2.45) is 0 Å². The van der Waals surface area contributed by atoms with Crippen LogP contribution in [0.4, 0.5) is 4.39 Å². The number of aromatic nitrogens is 1. The predicted molar refractivity (Wildman–Crippen MR) is 155 cm³/mol. The van der Waals surface area contributed by atoms with Gasteiger partial charge in [0.05, 0.1) is 25.1 Å². The summed E-state index contributed by atoms with van der Waals surface area (Å²) in [4.78, 5) is 40.1. The summed E-state index contributed by atoms with van der Waals surface area (Å²) in [6.07, 6.45) is 1.71. The molecule has 2 aromatic carbocycles. The smallest absolute Gasteiger partial charge is 0.354 e. The number of benzene rings is 2. The Morgan fingerprint density at radius 3 is 2.44 bits per heavy atom. The highest BCUT2D eigenvalue weighted by Crippen LogP contribution is 2.47. The molecule has 0 saturated carbocycles. The summed E-state index contributed by atoms with van der Waals surface area (Å²) in [5.74, 6) is -1.04. The van der Waals surface area contributed by atoms with E-state index in [-0.39, 0.29) is 44.4 Å². The molecule has 0 aliphatic carbocycles.